The van der Waals surface area contributed by atoms with Gasteiger partial charge in [-0.1, -0.05) is 0 Å². The molecule has 1 aliphatic heterocycles. The number of halogens is 1. The molecule has 0 bridgehead atoms. The summed E-state index contributed by atoms with van der Waals surface area (Å²) >= 11 is 0. The van der Waals surface area contributed by atoms with Crippen molar-refractivity contribution >= 4 is 5.97 Å². The van der Waals surface area contributed by atoms with Crippen molar-refractivity contribution in [3.05, 3.63) is 23.3 Å². The first-order valence-corrected chi connectivity index (χ1v) is 6.32. The number of carbonyl (C=O) groups is 1. The summed E-state index contributed by atoms with van der Waals surface area (Å²) in [6, 6.07) is 4.00. The minimum absolute atomic E-state index is 0. The summed E-state index contributed by atoms with van der Waals surface area (Å²) in [7, 11) is 3.25. The van der Waals surface area contributed by atoms with Crippen LogP contribution in [-0.2, 0) is 17.8 Å². The van der Waals surface area contributed by atoms with Gasteiger partial charge in [-0.25, -0.2) is 0 Å². The van der Waals surface area contributed by atoms with Gasteiger partial charge in [-0.3, -0.25) is 9.69 Å². The lowest BCUT2D eigenvalue weighted by molar-refractivity contribution is -0.137. The van der Waals surface area contributed by atoms with E-state index in [1.165, 1.54) is 11.1 Å². The van der Waals surface area contributed by atoms with E-state index < -0.39 is 5.97 Å². The highest BCUT2D eigenvalue weighted by Crippen LogP contribution is 2.33. The van der Waals surface area contributed by atoms with Crippen LogP contribution in [0, 0.1) is 0 Å². The fraction of sp³-hybridized carbons (Fsp3) is 0.500. The van der Waals surface area contributed by atoms with Crippen molar-refractivity contribution in [3.63, 3.8) is 0 Å². The van der Waals surface area contributed by atoms with Gasteiger partial charge in [0.2, 0.25) is 0 Å². The molecule has 0 aromatic heterocycles. The first-order chi connectivity index (χ1) is 9.13. The number of hydrogen-bond donors (Lipinski definition) is 1. The predicted molar refractivity (Wildman–Crippen MR) is 70.8 cm³/mol. The Morgan fingerprint density at radius 3 is 2.40 bits per heavy atom. The molecule has 0 amide bonds. The molecule has 0 fully saturated rings. The molecule has 112 valence electrons. The van der Waals surface area contributed by atoms with E-state index in [4.69, 9.17) is 14.6 Å². The molecule has 1 aliphatic rings. The minimum atomic E-state index is -0.752. The van der Waals surface area contributed by atoms with Crippen molar-refractivity contribution in [2.45, 2.75) is 19.4 Å². The lowest BCUT2D eigenvalue weighted by Gasteiger charge is -2.29. The first kappa shape index (κ1) is 16.6. The highest BCUT2D eigenvalue weighted by atomic mass is 35.5. The largest absolute Gasteiger partial charge is 1.00 e. The van der Waals surface area contributed by atoms with E-state index in [1.807, 2.05) is 12.1 Å². The van der Waals surface area contributed by atoms with Gasteiger partial charge in [-0.05, 0) is 29.7 Å². The molecule has 0 atom stereocenters. The van der Waals surface area contributed by atoms with Crippen molar-refractivity contribution in [3.8, 4) is 11.5 Å². The van der Waals surface area contributed by atoms with E-state index in [1.54, 1.807) is 14.2 Å². The summed E-state index contributed by atoms with van der Waals surface area (Å²) in [6.07, 6.45) is 1.10. The second-order valence-electron chi connectivity index (χ2n) is 4.65. The van der Waals surface area contributed by atoms with Crippen LogP contribution in [0.4, 0.5) is 0 Å². The molecular formula is C14H19ClNO4-. The van der Waals surface area contributed by atoms with Gasteiger partial charge in [-0.15, -0.1) is 0 Å². The molecule has 5 nitrogen and oxygen atoms in total. The van der Waals surface area contributed by atoms with Crippen LogP contribution in [0.5, 0.6) is 11.5 Å². The van der Waals surface area contributed by atoms with Crippen LogP contribution in [0.2, 0.25) is 0 Å². The Bertz CT molecular complexity index is 478. The lowest BCUT2D eigenvalue weighted by atomic mass is 9.98. The Labute approximate surface area is 124 Å². The molecule has 0 saturated heterocycles. The molecule has 0 spiro atoms. The Kier molecular flexibility index (Phi) is 6.10. The summed E-state index contributed by atoms with van der Waals surface area (Å²) in [5.41, 5.74) is 2.44. The summed E-state index contributed by atoms with van der Waals surface area (Å²) in [5.74, 6) is 0.722. The molecule has 2 rings (SSSR count). The van der Waals surface area contributed by atoms with Crippen LogP contribution in [0.15, 0.2) is 12.1 Å². The Hall–Kier alpha value is -1.46. The van der Waals surface area contributed by atoms with Gasteiger partial charge in [0, 0.05) is 19.6 Å². The molecule has 0 radical (unpaired) electrons. The molecule has 1 N–H and O–H groups in total. The third-order valence-electron chi connectivity index (χ3n) is 3.44. The normalized spacial score (nSPS) is 14.1. The maximum Gasteiger partial charge on any atom is 0.304 e. The van der Waals surface area contributed by atoms with E-state index in [9.17, 15) is 4.79 Å². The Morgan fingerprint density at radius 2 is 1.85 bits per heavy atom. The number of fused-ring (bicyclic) bond motifs is 1. The number of carboxylic acids is 1. The number of methoxy groups -OCH3 is 2. The smallest absolute Gasteiger partial charge is 0.304 e. The van der Waals surface area contributed by atoms with Gasteiger partial charge >= 0.3 is 5.97 Å². The Morgan fingerprint density at radius 1 is 1.25 bits per heavy atom. The van der Waals surface area contributed by atoms with Crippen molar-refractivity contribution in [1.82, 2.24) is 4.90 Å². The summed E-state index contributed by atoms with van der Waals surface area (Å²) in [4.78, 5) is 12.8. The van der Waals surface area contributed by atoms with Crippen molar-refractivity contribution in [2.24, 2.45) is 0 Å². The molecule has 20 heavy (non-hydrogen) atoms. The van der Waals surface area contributed by atoms with Crippen LogP contribution in [0.1, 0.15) is 17.5 Å². The van der Waals surface area contributed by atoms with Crippen molar-refractivity contribution in [1.29, 1.82) is 0 Å². The van der Waals surface area contributed by atoms with Gasteiger partial charge < -0.3 is 27.0 Å². The van der Waals surface area contributed by atoms with E-state index in [-0.39, 0.29) is 18.8 Å². The molecule has 1 aromatic rings. The van der Waals surface area contributed by atoms with Gasteiger partial charge in [0.25, 0.3) is 0 Å². The van der Waals surface area contributed by atoms with Crippen LogP contribution in [0.25, 0.3) is 0 Å². The Balaban J connectivity index is 0.00000200. The monoisotopic (exact) mass is 300 g/mol. The molecule has 1 aromatic carbocycles. The highest BCUT2D eigenvalue weighted by Gasteiger charge is 2.19. The predicted octanol–water partition coefficient (Wildman–Crippen LogP) is -1.46. The SMILES string of the molecule is COc1cc2c(cc1OC)CN(CCC(=O)O)CC2.[Cl-]. The average Bonchev–Trinajstić information content (AvgIpc) is 2.43. The van der Waals surface area contributed by atoms with E-state index >= 15 is 0 Å². The number of rotatable bonds is 5. The number of nitrogens with zero attached hydrogens (tertiary/aromatic N) is 1. The van der Waals surface area contributed by atoms with Gasteiger partial charge in [-0.2, -0.15) is 0 Å². The van der Waals surface area contributed by atoms with E-state index in [0.29, 0.717) is 6.54 Å². The third-order valence-corrected chi connectivity index (χ3v) is 3.44. The number of ether oxygens (including phenoxy) is 2. The fourth-order valence-corrected chi connectivity index (χ4v) is 2.39. The summed E-state index contributed by atoms with van der Waals surface area (Å²) in [6.45, 7) is 2.24. The fourth-order valence-electron chi connectivity index (χ4n) is 2.39. The van der Waals surface area contributed by atoms with Crippen molar-refractivity contribution in [2.75, 3.05) is 27.3 Å². The molecule has 0 unspecified atom stereocenters. The van der Waals surface area contributed by atoms with Crippen molar-refractivity contribution < 1.29 is 31.8 Å². The molecule has 0 saturated carbocycles. The van der Waals surface area contributed by atoms with E-state index in [2.05, 4.69) is 4.90 Å². The standard InChI is InChI=1S/C14H19NO4.ClH/c1-18-12-7-10-3-5-15(6-4-14(16)17)9-11(10)8-13(12)19-2;/h7-8H,3-6,9H2,1-2H3,(H,16,17);1H/p-1. The summed E-state index contributed by atoms with van der Waals surface area (Å²) in [5, 5.41) is 8.73. The van der Waals surface area contributed by atoms with Crippen LogP contribution in [-0.4, -0.2) is 43.3 Å². The maximum atomic E-state index is 10.6. The second-order valence-corrected chi connectivity index (χ2v) is 4.65. The topological polar surface area (TPSA) is 59.0 Å². The lowest BCUT2D eigenvalue weighted by Crippen LogP contribution is -3.00. The van der Waals surface area contributed by atoms with Gasteiger partial charge in [0.15, 0.2) is 11.5 Å². The summed E-state index contributed by atoms with van der Waals surface area (Å²) < 4.78 is 10.6. The van der Waals surface area contributed by atoms with Crippen LogP contribution in [0.3, 0.4) is 0 Å². The number of carboxylic acid groups (broad SMARTS) is 1. The van der Waals surface area contributed by atoms with E-state index in [0.717, 1.165) is 31.0 Å². The average molecular weight is 301 g/mol. The number of aliphatic carboxylic acids is 1. The zero-order valence-corrected chi connectivity index (χ0v) is 12.4. The number of hydrogen-bond acceptors (Lipinski definition) is 4. The molecule has 1 heterocycles. The second kappa shape index (κ2) is 7.36. The molecule has 0 aliphatic carbocycles. The number of benzene rings is 1. The van der Waals surface area contributed by atoms with Crippen LogP contribution < -0.4 is 21.9 Å². The van der Waals surface area contributed by atoms with Crippen LogP contribution >= 0.6 is 0 Å². The zero-order valence-electron chi connectivity index (χ0n) is 11.7. The quantitative estimate of drug-likeness (QED) is 0.720. The minimum Gasteiger partial charge on any atom is -1.00 e. The highest BCUT2D eigenvalue weighted by molar-refractivity contribution is 5.66. The molecular weight excluding hydrogens is 282 g/mol. The van der Waals surface area contributed by atoms with Gasteiger partial charge in [0.1, 0.15) is 0 Å². The zero-order chi connectivity index (χ0) is 13.8. The molecule has 6 heteroatoms. The third kappa shape index (κ3) is 3.77. The van der Waals surface area contributed by atoms with Gasteiger partial charge in [0.05, 0.1) is 20.6 Å². The maximum absolute atomic E-state index is 10.6. The first-order valence-electron chi connectivity index (χ1n) is 6.32.